The number of benzene rings is 2. The number of rotatable bonds is 4. The fourth-order valence-electron chi connectivity index (χ4n) is 5.47. The highest BCUT2D eigenvalue weighted by Crippen LogP contribution is 2.47. The first-order chi connectivity index (χ1) is 12.8. The van der Waals surface area contributed by atoms with Gasteiger partial charge in [0, 0.05) is 35.7 Å². The minimum atomic E-state index is -1.08. The van der Waals surface area contributed by atoms with E-state index in [1.54, 1.807) is 0 Å². The van der Waals surface area contributed by atoms with Crippen LogP contribution >= 0.6 is 23.2 Å². The van der Waals surface area contributed by atoms with Crippen LogP contribution < -0.4 is 0 Å². The van der Waals surface area contributed by atoms with Gasteiger partial charge in [-0.15, -0.1) is 0 Å². The molecule has 4 rings (SSSR count). The van der Waals surface area contributed by atoms with E-state index in [9.17, 15) is 5.11 Å². The Kier molecular flexibility index (Phi) is 5.05. The highest BCUT2D eigenvalue weighted by atomic mass is 35.5. The summed E-state index contributed by atoms with van der Waals surface area (Å²) in [5.41, 5.74) is 0.627. The second-order valence-electron chi connectivity index (χ2n) is 8.94. The van der Waals surface area contributed by atoms with Crippen LogP contribution in [0.2, 0.25) is 10.0 Å². The Bertz CT molecular complexity index is 773. The summed E-state index contributed by atoms with van der Waals surface area (Å²) in [6.07, 6.45) is 5.67. The van der Waals surface area contributed by atoms with Crippen LogP contribution in [0.4, 0.5) is 0 Å². The Balaban J connectivity index is 1.69. The molecule has 2 saturated heterocycles. The van der Waals surface area contributed by atoms with Gasteiger partial charge in [-0.3, -0.25) is 0 Å². The van der Waals surface area contributed by atoms with Gasteiger partial charge in [-0.25, -0.2) is 0 Å². The quantitative estimate of drug-likeness (QED) is 0.653. The third-order valence-corrected chi connectivity index (χ3v) is 7.58. The van der Waals surface area contributed by atoms with E-state index in [1.807, 2.05) is 48.5 Å². The van der Waals surface area contributed by atoms with E-state index in [0.29, 0.717) is 34.5 Å². The molecule has 2 heterocycles. The monoisotopic (exact) mass is 404 g/mol. The molecular formula is C23H28Cl2NO+. The lowest BCUT2D eigenvalue weighted by Gasteiger charge is -2.46. The van der Waals surface area contributed by atoms with Crippen LogP contribution in [0.25, 0.3) is 0 Å². The molecule has 2 bridgehead atoms. The van der Waals surface area contributed by atoms with Crippen molar-refractivity contribution in [3.05, 3.63) is 69.7 Å². The van der Waals surface area contributed by atoms with Crippen molar-refractivity contribution < 1.29 is 9.59 Å². The van der Waals surface area contributed by atoms with Crippen LogP contribution in [0, 0.1) is 5.92 Å². The van der Waals surface area contributed by atoms with Crippen LogP contribution in [0.15, 0.2) is 48.5 Å². The van der Waals surface area contributed by atoms with Crippen LogP contribution in [-0.4, -0.2) is 35.8 Å². The van der Waals surface area contributed by atoms with Gasteiger partial charge in [-0.2, -0.15) is 0 Å². The average molecular weight is 405 g/mol. The summed E-state index contributed by atoms with van der Waals surface area (Å²) in [6, 6.07) is 16.7. The summed E-state index contributed by atoms with van der Waals surface area (Å²) in [7, 11) is 4.75. The Labute approximate surface area is 172 Å². The van der Waals surface area contributed by atoms with E-state index in [0.717, 1.165) is 15.6 Å². The van der Waals surface area contributed by atoms with Crippen molar-refractivity contribution in [2.75, 3.05) is 14.1 Å². The molecule has 2 fully saturated rings. The number of halogens is 2. The standard InChI is InChI=1S/C23H28Cl2NO/c1-26(2)21-9-10-22(26)12-16(11-21)15-23(27,17-5-3-7-19(24)13-17)18-6-4-8-20(25)14-18/h3-8,13-14,16,21-22,27H,9-12,15H2,1-2H3/q+1. The van der Waals surface area contributed by atoms with Gasteiger partial charge in [0.1, 0.15) is 5.60 Å². The highest BCUT2D eigenvalue weighted by molar-refractivity contribution is 6.31. The number of quaternary nitrogens is 1. The van der Waals surface area contributed by atoms with Crippen LogP contribution in [0.5, 0.6) is 0 Å². The van der Waals surface area contributed by atoms with Gasteiger partial charge in [0.15, 0.2) is 0 Å². The number of piperidine rings is 1. The molecule has 2 aliphatic heterocycles. The predicted octanol–water partition coefficient (Wildman–Crippen LogP) is 5.64. The van der Waals surface area contributed by atoms with E-state index in [-0.39, 0.29) is 0 Å². The van der Waals surface area contributed by atoms with E-state index in [1.165, 1.54) is 25.7 Å². The number of nitrogens with zero attached hydrogens (tertiary/aromatic N) is 1. The molecule has 27 heavy (non-hydrogen) atoms. The van der Waals surface area contributed by atoms with Gasteiger partial charge < -0.3 is 9.59 Å². The summed E-state index contributed by atoms with van der Waals surface area (Å²) in [4.78, 5) is 0. The molecule has 0 aromatic heterocycles. The Hall–Kier alpha value is -1.06. The maximum Gasteiger partial charge on any atom is 0.115 e. The van der Waals surface area contributed by atoms with Crippen molar-refractivity contribution in [2.24, 2.45) is 5.92 Å². The summed E-state index contributed by atoms with van der Waals surface area (Å²) in [6.45, 7) is 0. The summed E-state index contributed by atoms with van der Waals surface area (Å²) in [5.74, 6) is 0.497. The van der Waals surface area contributed by atoms with Crippen molar-refractivity contribution in [1.29, 1.82) is 0 Å². The molecule has 2 aromatic rings. The molecule has 2 atom stereocenters. The van der Waals surface area contributed by atoms with E-state index in [2.05, 4.69) is 14.1 Å². The fourth-order valence-corrected chi connectivity index (χ4v) is 5.85. The fraction of sp³-hybridized carbons (Fsp3) is 0.478. The zero-order valence-corrected chi connectivity index (χ0v) is 17.5. The third kappa shape index (κ3) is 3.53. The Morgan fingerprint density at radius 3 is 1.85 bits per heavy atom. The molecule has 4 heteroatoms. The molecule has 0 saturated carbocycles. The zero-order valence-electron chi connectivity index (χ0n) is 16.0. The average Bonchev–Trinajstić information content (AvgIpc) is 2.79. The molecule has 0 spiro atoms. The first kappa shape index (κ1) is 19.3. The topological polar surface area (TPSA) is 20.2 Å². The number of aliphatic hydroxyl groups is 1. The Morgan fingerprint density at radius 1 is 0.926 bits per heavy atom. The lowest BCUT2D eigenvalue weighted by atomic mass is 9.75. The maximum absolute atomic E-state index is 12.0. The highest BCUT2D eigenvalue weighted by Gasteiger charge is 2.50. The van der Waals surface area contributed by atoms with Crippen LogP contribution in [-0.2, 0) is 5.60 Å². The van der Waals surface area contributed by atoms with Gasteiger partial charge in [0.25, 0.3) is 0 Å². The Morgan fingerprint density at radius 2 is 1.41 bits per heavy atom. The second-order valence-corrected chi connectivity index (χ2v) is 9.81. The molecule has 0 aliphatic carbocycles. The SMILES string of the molecule is C[N+]1(C)C2CCC1CC(CC(O)(c1cccc(Cl)c1)c1cccc(Cl)c1)C2. The lowest BCUT2D eigenvalue weighted by molar-refractivity contribution is -0.931. The van der Waals surface area contributed by atoms with Gasteiger partial charge in [0.05, 0.1) is 26.2 Å². The van der Waals surface area contributed by atoms with Crippen LogP contribution in [0.1, 0.15) is 43.2 Å². The predicted molar refractivity (Wildman–Crippen MR) is 112 cm³/mol. The van der Waals surface area contributed by atoms with E-state index >= 15 is 0 Å². The van der Waals surface area contributed by atoms with Gasteiger partial charge in [0.2, 0.25) is 0 Å². The molecule has 2 unspecified atom stereocenters. The largest absolute Gasteiger partial charge is 0.380 e. The molecule has 0 amide bonds. The molecule has 2 nitrogen and oxygen atoms in total. The summed E-state index contributed by atoms with van der Waals surface area (Å²) < 4.78 is 1.14. The molecule has 2 aliphatic rings. The minimum absolute atomic E-state index is 0.497. The first-order valence-corrected chi connectivity index (χ1v) is 10.6. The van der Waals surface area contributed by atoms with Crippen molar-refractivity contribution in [3.8, 4) is 0 Å². The van der Waals surface area contributed by atoms with E-state index < -0.39 is 5.60 Å². The zero-order chi connectivity index (χ0) is 19.2. The maximum atomic E-state index is 12.0. The van der Waals surface area contributed by atoms with Crippen molar-refractivity contribution >= 4 is 23.2 Å². The third-order valence-electron chi connectivity index (χ3n) is 7.11. The van der Waals surface area contributed by atoms with Gasteiger partial charge in [-0.1, -0.05) is 47.5 Å². The van der Waals surface area contributed by atoms with Crippen molar-refractivity contribution in [3.63, 3.8) is 0 Å². The summed E-state index contributed by atoms with van der Waals surface area (Å²) >= 11 is 12.5. The summed E-state index contributed by atoms with van der Waals surface area (Å²) in [5, 5.41) is 13.3. The smallest absolute Gasteiger partial charge is 0.115 e. The van der Waals surface area contributed by atoms with Gasteiger partial charge >= 0.3 is 0 Å². The van der Waals surface area contributed by atoms with E-state index in [4.69, 9.17) is 23.2 Å². The molecule has 144 valence electrons. The normalized spacial score (nSPS) is 26.9. The molecular weight excluding hydrogens is 377 g/mol. The number of hydrogen-bond acceptors (Lipinski definition) is 1. The molecule has 0 radical (unpaired) electrons. The van der Waals surface area contributed by atoms with Crippen molar-refractivity contribution in [1.82, 2.24) is 0 Å². The molecule has 1 N–H and O–H groups in total. The second kappa shape index (κ2) is 7.08. The number of fused-ring (bicyclic) bond motifs is 2. The molecule has 2 aromatic carbocycles. The minimum Gasteiger partial charge on any atom is -0.380 e. The van der Waals surface area contributed by atoms with Crippen LogP contribution in [0.3, 0.4) is 0 Å². The van der Waals surface area contributed by atoms with Gasteiger partial charge in [-0.05, 0) is 47.7 Å². The first-order valence-electron chi connectivity index (χ1n) is 9.87. The lowest BCUT2D eigenvalue weighted by Crippen LogP contribution is -2.55. The number of hydrogen-bond donors (Lipinski definition) is 1. The van der Waals surface area contributed by atoms with Crippen molar-refractivity contribution in [2.45, 2.75) is 49.8 Å².